The predicted octanol–water partition coefficient (Wildman–Crippen LogP) is 3.53. The minimum absolute atomic E-state index is 0.00876. The van der Waals surface area contributed by atoms with Crippen LogP contribution in [0.25, 0.3) is 0 Å². The van der Waals surface area contributed by atoms with Gasteiger partial charge >= 0.3 is 0 Å². The molecule has 0 spiro atoms. The van der Waals surface area contributed by atoms with Crippen molar-refractivity contribution in [3.05, 3.63) is 59.9 Å². The molecule has 2 aromatic carbocycles. The smallest absolute Gasteiger partial charge is 0.257 e. The van der Waals surface area contributed by atoms with E-state index >= 15 is 0 Å². The molecule has 2 aromatic rings. The Hall–Kier alpha value is -2.60. The van der Waals surface area contributed by atoms with Crippen LogP contribution < -0.4 is 9.47 Å². The fourth-order valence-corrected chi connectivity index (χ4v) is 3.12. The Morgan fingerprint density at radius 2 is 1.78 bits per heavy atom. The summed E-state index contributed by atoms with van der Waals surface area (Å²) in [6.45, 7) is 2.18. The number of methoxy groups -OCH3 is 1. The minimum atomic E-state index is -0.284. The number of carbonyl (C=O) groups is 1. The van der Waals surface area contributed by atoms with Crippen molar-refractivity contribution in [1.29, 1.82) is 0 Å². The van der Waals surface area contributed by atoms with Crippen LogP contribution >= 0.6 is 0 Å². The number of likely N-dealkylation sites (tertiary alicyclic amines) is 1. The Labute approximate surface area is 158 Å². The summed E-state index contributed by atoms with van der Waals surface area (Å²) < 4.78 is 29.5. The van der Waals surface area contributed by atoms with Gasteiger partial charge in [-0.1, -0.05) is 12.1 Å². The first kappa shape index (κ1) is 19.2. The summed E-state index contributed by atoms with van der Waals surface area (Å²) in [5.74, 6) is 0.926. The van der Waals surface area contributed by atoms with Gasteiger partial charge in [-0.3, -0.25) is 4.79 Å². The van der Waals surface area contributed by atoms with Gasteiger partial charge < -0.3 is 19.1 Å². The molecule has 1 amide bonds. The third-order valence-electron chi connectivity index (χ3n) is 4.59. The Morgan fingerprint density at radius 3 is 2.48 bits per heavy atom. The number of hydrogen-bond acceptors (Lipinski definition) is 4. The third-order valence-corrected chi connectivity index (χ3v) is 4.59. The first-order valence-corrected chi connectivity index (χ1v) is 9.09. The quantitative estimate of drug-likeness (QED) is 0.697. The van der Waals surface area contributed by atoms with Crippen molar-refractivity contribution in [2.45, 2.75) is 18.9 Å². The molecule has 0 bridgehead atoms. The highest BCUT2D eigenvalue weighted by molar-refractivity contribution is 5.97. The molecule has 0 aliphatic carbocycles. The number of carbonyl (C=O) groups excluding carboxylic acids is 1. The molecular weight excluding hydrogens is 349 g/mol. The predicted molar refractivity (Wildman–Crippen MR) is 99.8 cm³/mol. The first-order chi connectivity index (χ1) is 13.2. The molecule has 0 saturated carbocycles. The minimum Gasteiger partial charge on any atom is -0.496 e. The summed E-state index contributed by atoms with van der Waals surface area (Å²) in [5, 5.41) is 0. The van der Waals surface area contributed by atoms with E-state index in [1.807, 2.05) is 17.0 Å². The molecule has 0 atom stereocenters. The van der Waals surface area contributed by atoms with E-state index in [4.69, 9.17) is 14.2 Å². The number of benzene rings is 2. The van der Waals surface area contributed by atoms with Crippen molar-refractivity contribution < 1.29 is 23.4 Å². The summed E-state index contributed by atoms with van der Waals surface area (Å²) in [4.78, 5) is 14.5. The molecule has 5 nitrogen and oxygen atoms in total. The van der Waals surface area contributed by atoms with E-state index < -0.39 is 0 Å². The average molecular weight is 373 g/mol. The number of para-hydroxylation sites is 1. The highest BCUT2D eigenvalue weighted by atomic mass is 19.1. The number of hydrogen-bond donors (Lipinski definition) is 0. The van der Waals surface area contributed by atoms with Gasteiger partial charge in [-0.15, -0.1) is 0 Å². The van der Waals surface area contributed by atoms with Gasteiger partial charge in [0.05, 0.1) is 25.4 Å². The second-order valence-corrected chi connectivity index (χ2v) is 6.37. The maximum Gasteiger partial charge on any atom is 0.257 e. The molecule has 1 aliphatic rings. The van der Waals surface area contributed by atoms with E-state index in [2.05, 4.69) is 0 Å². The molecule has 1 fully saturated rings. The van der Waals surface area contributed by atoms with Crippen molar-refractivity contribution in [3.63, 3.8) is 0 Å². The summed E-state index contributed by atoms with van der Waals surface area (Å²) >= 11 is 0. The van der Waals surface area contributed by atoms with Crippen LogP contribution in [0.1, 0.15) is 23.2 Å². The Balaban J connectivity index is 1.39. The van der Waals surface area contributed by atoms with Crippen LogP contribution in [-0.4, -0.2) is 50.3 Å². The molecular formula is C21H24FNO4. The Bertz CT molecular complexity index is 742. The van der Waals surface area contributed by atoms with E-state index in [0.29, 0.717) is 43.4 Å². The van der Waals surface area contributed by atoms with Crippen LogP contribution in [0.4, 0.5) is 4.39 Å². The number of ether oxygens (including phenoxy) is 3. The van der Waals surface area contributed by atoms with Crippen molar-refractivity contribution in [3.8, 4) is 11.5 Å². The number of amides is 1. The molecule has 6 heteroatoms. The van der Waals surface area contributed by atoms with Crippen molar-refractivity contribution in [2.75, 3.05) is 33.4 Å². The summed E-state index contributed by atoms with van der Waals surface area (Å²) in [5.41, 5.74) is 0.590. The van der Waals surface area contributed by atoms with Gasteiger partial charge in [-0.25, -0.2) is 4.39 Å². The van der Waals surface area contributed by atoms with Crippen molar-refractivity contribution >= 4 is 5.91 Å². The summed E-state index contributed by atoms with van der Waals surface area (Å²) in [7, 11) is 1.57. The zero-order valence-corrected chi connectivity index (χ0v) is 15.4. The van der Waals surface area contributed by atoms with Gasteiger partial charge in [-0.2, -0.15) is 0 Å². The highest BCUT2D eigenvalue weighted by Gasteiger charge is 2.25. The second-order valence-electron chi connectivity index (χ2n) is 6.37. The maximum atomic E-state index is 12.8. The number of halogens is 1. The Kier molecular flexibility index (Phi) is 6.65. The van der Waals surface area contributed by atoms with Crippen LogP contribution in [-0.2, 0) is 4.74 Å². The SMILES string of the molecule is COc1ccccc1C(=O)N1CCC(OCCOc2ccc(F)cc2)CC1. The van der Waals surface area contributed by atoms with Gasteiger partial charge in [0.2, 0.25) is 0 Å². The molecule has 1 heterocycles. The number of rotatable bonds is 7. The third kappa shape index (κ3) is 5.20. The molecule has 1 aliphatic heterocycles. The largest absolute Gasteiger partial charge is 0.496 e. The molecule has 0 radical (unpaired) electrons. The second kappa shape index (κ2) is 9.37. The molecule has 0 N–H and O–H groups in total. The fraction of sp³-hybridized carbons (Fsp3) is 0.381. The van der Waals surface area contributed by atoms with Crippen LogP contribution in [0, 0.1) is 5.82 Å². The Morgan fingerprint density at radius 1 is 1.07 bits per heavy atom. The number of piperidine rings is 1. The van der Waals surface area contributed by atoms with E-state index in [0.717, 1.165) is 12.8 Å². The molecule has 3 rings (SSSR count). The van der Waals surface area contributed by atoms with Crippen LogP contribution in [0.15, 0.2) is 48.5 Å². The van der Waals surface area contributed by atoms with Crippen molar-refractivity contribution in [2.24, 2.45) is 0 Å². The topological polar surface area (TPSA) is 48.0 Å². The zero-order chi connectivity index (χ0) is 19.1. The average Bonchev–Trinajstić information content (AvgIpc) is 2.72. The van der Waals surface area contributed by atoms with Gasteiger partial charge in [0, 0.05) is 13.1 Å². The molecule has 0 aromatic heterocycles. The van der Waals surface area contributed by atoms with Crippen LogP contribution in [0.3, 0.4) is 0 Å². The number of nitrogens with zero attached hydrogens (tertiary/aromatic N) is 1. The van der Waals surface area contributed by atoms with Gasteiger partial charge in [0.25, 0.3) is 5.91 Å². The van der Waals surface area contributed by atoms with Gasteiger partial charge in [0.15, 0.2) is 0 Å². The normalized spacial score (nSPS) is 14.8. The van der Waals surface area contributed by atoms with Crippen LogP contribution in [0.5, 0.6) is 11.5 Å². The monoisotopic (exact) mass is 373 g/mol. The van der Waals surface area contributed by atoms with E-state index in [1.54, 1.807) is 31.4 Å². The molecule has 0 unspecified atom stereocenters. The maximum absolute atomic E-state index is 12.8. The standard InChI is InChI=1S/C21H24FNO4/c1-25-20-5-3-2-4-19(20)21(24)23-12-10-18(11-13-23)27-15-14-26-17-8-6-16(22)7-9-17/h2-9,18H,10-15H2,1H3. The first-order valence-electron chi connectivity index (χ1n) is 9.09. The molecule has 27 heavy (non-hydrogen) atoms. The highest BCUT2D eigenvalue weighted by Crippen LogP contribution is 2.22. The lowest BCUT2D eigenvalue weighted by atomic mass is 10.1. The summed E-state index contributed by atoms with van der Waals surface area (Å²) in [6.07, 6.45) is 1.69. The lowest BCUT2D eigenvalue weighted by Crippen LogP contribution is -2.41. The van der Waals surface area contributed by atoms with Crippen LogP contribution in [0.2, 0.25) is 0 Å². The van der Waals surface area contributed by atoms with E-state index in [1.165, 1.54) is 12.1 Å². The molecule has 144 valence electrons. The van der Waals surface area contributed by atoms with Gasteiger partial charge in [0.1, 0.15) is 23.9 Å². The zero-order valence-electron chi connectivity index (χ0n) is 15.4. The van der Waals surface area contributed by atoms with Gasteiger partial charge in [-0.05, 0) is 49.2 Å². The van der Waals surface area contributed by atoms with Crippen molar-refractivity contribution in [1.82, 2.24) is 4.90 Å². The summed E-state index contributed by atoms with van der Waals surface area (Å²) in [6, 6.07) is 13.2. The molecule has 1 saturated heterocycles. The van der Waals surface area contributed by atoms with E-state index in [9.17, 15) is 9.18 Å². The van der Waals surface area contributed by atoms with E-state index in [-0.39, 0.29) is 17.8 Å². The fourth-order valence-electron chi connectivity index (χ4n) is 3.12. The lowest BCUT2D eigenvalue weighted by molar-refractivity contribution is -0.00243. The lowest BCUT2D eigenvalue weighted by Gasteiger charge is -2.32.